The van der Waals surface area contributed by atoms with Crippen molar-refractivity contribution in [3.8, 4) is 5.88 Å². The van der Waals surface area contributed by atoms with Crippen LogP contribution in [0.15, 0.2) is 0 Å². The Labute approximate surface area is 103 Å². The highest BCUT2D eigenvalue weighted by Crippen LogP contribution is 2.21. The molecule has 0 spiro atoms. The van der Waals surface area contributed by atoms with Gasteiger partial charge in [-0.05, 0) is 6.92 Å². The number of rotatable bonds is 7. The monoisotopic (exact) mass is 241 g/mol. The first kappa shape index (κ1) is 14.0. The van der Waals surface area contributed by atoms with E-state index in [2.05, 4.69) is 24.3 Å². The Bertz CT molecular complexity index is 348. The van der Waals surface area contributed by atoms with E-state index in [1.54, 1.807) is 11.8 Å². The normalized spacial score (nSPS) is 11.2. The van der Waals surface area contributed by atoms with E-state index in [-0.39, 0.29) is 0 Å². The average Bonchev–Trinajstić information content (AvgIpc) is 2.51. The Hall–Kier alpha value is -1.07. The van der Waals surface area contributed by atoms with Gasteiger partial charge in [-0.15, -0.1) is 0 Å². The van der Waals surface area contributed by atoms with Crippen LogP contribution in [-0.2, 0) is 18.3 Å². The molecule has 0 aromatic carbocycles. The summed E-state index contributed by atoms with van der Waals surface area (Å²) in [7, 11) is 3.56. The lowest BCUT2D eigenvalue weighted by atomic mass is 10.2. The molecule has 0 bridgehead atoms. The van der Waals surface area contributed by atoms with Crippen LogP contribution in [0.25, 0.3) is 0 Å². The molecule has 0 saturated heterocycles. The topological polar surface area (TPSA) is 48.3 Å². The Morgan fingerprint density at radius 2 is 2.06 bits per heavy atom. The Morgan fingerprint density at radius 1 is 1.35 bits per heavy atom. The van der Waals surface area contributed by atoms with Crippen molar-refractivity contribution >= 4 is 0 Å². The van der Waals surface area contributed by atoms with Crippen molar-refractivity contribution in [1.82, 2.24) is 15.1 Å². The van der Waals surface area contributed by atoms with Crippen LogP contribution < -0.4 is 10.1 Å². The molecule has 1 aromatic heterocycles. The van der Waals surface area contributed by atoms with Gasteiger partial charge in [-0.25, -0.2) is 4.68 Å². The molecule has 0 fully saturated rings. The molecule has 17 heavy (non-hydrogen) atoms. The lowest BCUT2D eigenvalue weighted by Gasteiger charge is -2.11. The Kier molecular flexibility index (Phi) is 5.44. The lowest BCUT2D eigenvalue weighted by Crippen LogP contribution is -2.22. The van der Waals surface area contributed by atoms with E-state index in [0.717, 1.165) is 23.7 Å². The van der Waals surface area contributed by atoms with E-state index in [0.29, 0.717) is 19.3 Å². The second kappa shape index (κ2) is 6.61. The minimum atomic E-state index is 0.446. The first-order valence-corrected chi connectivity index (χ1v) is 5.93. The highest BCUT2D eigenvalue weighted by Gasteiger charge is 2.14. The fourth-order valence-corrected chi connectivity index (χ4v) is 1.59. The molecule has 1 heterocycles. The SMILES string of the molecule is COCCOc1c(CNC(C)C)c(C)nn1C. The van der Waals surface area contributed by atoms with Gasteiger partial charge in [0.25, 0.3) is 0 Å². The maximum Gasteiger partial charge on any atom is 0.216 e. The van der Waals surface area contributed by atoms with Crippen LogP contribution in [0.2, 0.25) is 0 Å². The summed E-state index contributed by atoms with van der Waals surface area (Å²) in [4.78, 5) is 0. The van der Waals surface area contributed by atoms with Crippen LogP contribution in [0.5, 0.6) is 5.88 Å². The number of nitrogens with zero attached hydrogens (tertiary/aromatic N) is 2. The molecule has 0 aliphatic carbocycles. The van der Waals surface area contributed by atoms with Crippen molar-refractivity contribution in [2.24, 2.45) is 7.05 Å². The van der Waals surface area contributed by atoms with Crippen molar-refractivity contribution in [3.63, 3.8) is 0 Å². The maximum atomic E-state index is 5.70. The maximum absolute atomic E-state index is 5.70. The summed E-state index contributed by atoms with van der Waals surface area (Å²) in [6.45, 7) is 8.15. The third-order valence-electron chi connectivity index (χ3n) is 2.50. The third-order valence-corrected chi connectivity index (χ3v) is 2.50. The molecule has 0 atom stereocenters. The van der Waals surface area contributed by atoms with E-state index >= 15 is 0 Å². The van der Waals surface area contributed by atoms with Crippen LogP contribution in [0, 0.1) is 6.92 Å². The zero-order valence-electron chi connectivity index (χ0n) is 11.4. The quantitative estimate of drug-likeness (QED) is 0.730. The molecule has 0 unspecified atom stereocenters. The summed E-state index contributed by atoms with van der Waals surface area (Å²) >= 11 is 0. The van der Waals surface area contributed by atoms with E-state index in [9.17, 15) is 0 Å². The second-order valence-corrected chi connectivity index (χ2v) is 4.37. The fourth-order valence-electron chi connectivity index (χ4n) is 1.59. The van der Waals surface area contributed by atoms with Crippen molar-refractivity contribution in [3.05, 3.63) is 11.3 Å². The number of methoxy groups -OCH3 is 1. The molecule has 1 N–H and O–H groups in total. The number of hydrogen-bond acceptors (Lipinski definition) is 4. The first-order valence-electron chi connectivity index (χ1n) is 5.93. The molecule has 0 saturated carbocycles. The van der Waals surface area contributed by atoms with Gasteiger partial charge in [0, 0.05) is 26.7 Å². The smallest absolute Gasteiger partial charge is 0.216 e. The van der Waals surface area contributed by atoms with E-state index in [4.69, 9.17) is 9.47 Å². The molecule has 98 valence electrons. The minimum Gasteiger partial charge on any atom is -0.475 e. The van der Waals surface area contributed by atoms with Crippen molar-refractivity contribution in [1.29, 1.82) is 0 Å². The van der Waals surface area contributed by atoms with Gasteiger partial charge in [-0.2, -0.15) is 5.10 Å². The number of aromatic nitrogens is 2. The molecule has 0 aliphatic heterocycles. The Balaban J connectivity index is 2.71. The van der Waals surface area contributed by atoms with Gasteiger partial charge in [0.05, 0.1) is 17.9 Å². The van der Waals surface area contributed by atoms with Gasteiger partial charge < -0.3 is 14.8 Å². The largest absolute Gasteiger partial charge is 0.475 e. The summed E-state index contributed by atoms with van der Waals surface area (Å²) in [5.41, 5.74) is 2.13. The van der Waals surface area contributed by atoms with E-state index < -0.39 is 0 Å². The number of nitrogens with one attached hydrogen (secondary N) is 1. The summed E-state index contributed by atoms with van der Waals surface area (Å²) in [6.07, 6.45) is 0. The van der Waals surface area contributed by atoms with Crippen molar-refractivity contribution in [2.45, 2.75) is 33.4 Å². The van der Waals surface area contributed by atoms with Crippen LogP contribution in [0.1, 0.15) is 25.1 Å². The summed E-state index contributed by atoms with van der Waals surface area (Å²) < 4.78 is 12.5. The first-order chi connectivity index (χ1) is 8.06. The van der Waals surface area contributed by atoms with Gasteiger partial charge in [0.15, 0.2) is 0 Å². The van der Waals surface area contributed by atoms with Gasteiger partial charge in [0.1, 0.15) is 6.61 Å². The zero-order chi connectivity index (χ0) is 12.8. The summed E-state index contributed by atoms with van der Waals surface area (Å²) in [5.74, 6) is 0.827. The molecular formula is C12H23N3O2. The van der Waals surface area contributed by atoms with E-state index in [1.165, 1.54) is 0 Å². The molecular weight excluding hydrogens is 218 g/mol. The minimum absolute atomic E-state index is 0.446. The molecule has 1 rings (SSSR count). The summed E-state index contributed by atoms with van der Waals surface area (Å²) in [5, 5.41) is 7.76. The second-order valence-electron chi connectivity index (χ2n) is 4.37. The molecule has 0 amide bonds. The van der Waals surface area contributed by atoms with Gasteiger partial charge in [0.2, 0.25) is 5.88 Å². The standard InChI is InChI=1S/C12H23N3O2/c1-9(2)13-8-11-10(3)14-15(4)12(11)17-7-6-16-5/h9,13H,6-8H2,1-5H3. The van der Waals surface area contributed by atoms with Crippen LogP contribution in [-0.4, -0.2) is 36.1 Å². The average molecular weight is 241 g/mol. The fraction of sp³-hybridized carbons (Fsp3) is 0.750. The number of hydrogen-bond donors (Lipinski definition) is 1. The van der Waals surface area contributed by atoms with Gasteiger partial charge in [-0.3, -0.25) is 0 Å². The van der Waals surface area contributed by atoms with E-state index in [1.807, 2.05) is 14.0 Å². The number of ether oxygens (including phenoxy) is 2. The lowest BCUT2D eigenvalue weighted by molar-refractivity contribution is 0.140. The summed E-state index contributed by atoms with van der Waals surface area (Å²) in [6, 6.07) is 0.446. The van der Waals surface area contributed by atoms with Gasteiger partial charge in [-0.1, -0.05) is 13.8 Å². The molecule has 0 aliphatic rings. The Morgan fingerprint density at radius 3 is 2.65 bits per heavy atom. The molecule has 5 heteroatoms. The van der Waals surface area contributed by atoms with Crippen molar-refractivity contribution < 1.29 is 9.47 Å². The third kappa shape index (κ3) is 4.02. The molecule has 5 nitrogen and oxygen atoms in total. The predicted molar refractivity (Wildman–Crippen MR) is 67.3 cm³/mol. The molecule has 1 aromatic rings. The van der Waals surface area contributed by atoms with Crippen LogP contribution in [0.4, 0.5) is 0 Å². The molecule has 0 radical (unpaired) electrons. The van der Waals surface area contributed by atoms with Crippen LogP contribution in [0.3, 0.4) is 0 Å². The van der Waals surface area contributed by atoms with Crippen LogP contribution >= 0.6 is 0 Å². The zero-order valence-corrected chi connectivity index (χ0v) is 11.4. The van der Waals surface area contributed by atoms with Crippen molar-refractivity contribution in [2.75, 3.05) is 20.3 Å². The highest BCUT2D eigenvalue weighted by atomic mass is 16.5. The predicted octanol–water partition coefficient (Wildman–Crippen LogP) is 1.25. The number of aryl methyl sites for hydroxylation is 2. The highest BCUT2D eigenvalue weighted by molar-refractivity contribution is 5.30. The van der Waals surface area contributed by atoms with Gasteiger partial charge >= 0.3 is 0 Å².